The third kappa shape index (κ3) is 0.691. The lowest BCUT2D eigenvalue weighted by Crippen LogP contribution is -2.51. The van der Waals surface area contributed by atoms with Crippen molar-refractivity contribution in [2.75, 3.05) is 0 Å². The lowest BCUT2D eigenvalue weighted by molar-refractivity contribution is -0.181. The van der Waals surface area contributed by atoms with E-state index in [9.17, 15) is 9.90 Å². The number of carbonyl (C=O) groups is 1. The van der Waals surface area contributed by atoms with E-state index in [0.717, 1.165) is 12.8 Å². The Hall–Kier alpha value is -0.570. The number of esters is 1. The van der Waals surface area contributed by atoms with Gasteiger partial charge in [-0.25, -0.2) is 0 Å². The van der Waals surface area contributed by atoms with E-state index in [1.165, 1.54) is 0 Å². The fraction of sp³-hybridized carbons (Fsp3) is 0.909. The van der Waals surface area contributed by atoms with Crippen LogP contribution >= 0.6 is 0 Å². The molecule has 3 aliphatic rings. The van der Waals surface area contributed by atoms with Gasteiger partial charge in [0.2, 0.25) is 0 Å². The van der Waals surface area contributed by atoms with Crippen molar-refractivity contribution in [2.45, 2.75) is 44.8 Å². The van der Waals surface area contributed by atoms with E-state index in [-0.39, 0.29) is 17.5 Å². The lowest BCUT2D eigenvalue weighted by Gasteiger charge is -2.45. The minimum absolute atomic E-state index is 0.0394. The van der Waals surface area contributed by atoms with Crippen LogP contribution in [0.15, 0.2) is 0 Å². The van der Waals surface area contributed by atoms with Gasteiger partial charge in [0.1, 0.15) is 6.10 Å². The van der Waals surface area contributed by atoms with Crippen molar-refractivity contribution >= 4 is 5.97 Å². The fourth-order valence-electron chi connectivity index (χ4n) is 3.96. The van der Waals surface area contributed by atoms with Gasteiger partial charge in [0.05, 0.1) is 5.60 Å². The predicted octanol–water partition coefficient (Wildman–Crippen LogP) is 1.10. The summed E-state index contributed by atoms with van der Waals surface area (Å²) in [5.74, 6) is 0.590. The molecule has 1 N–H and O–H groups in total. The molecule has 0 aromatic rings. The van der Waals surface area contributed by atoms with Crippen LogP contribution in [0, 0.1) is 17.3 Å². The van der Waals surface area contributed by atoms with Gasteiger partial charge in [-0.1, -0.05) is 6.92 Å². The summed E-state index contributed by atoms with van der Waals surface area (Å²) in [5.41, 5.74) is -0.825. The smallest absolute Gasteiger partial charge is 0.306 e. The van der Waals surface area contributed by atoms with Crippen LogP contribution < -0.4 is 0 Å². The number of fused-ring (bicyclic) bond motifs is 1. The first-order valence-corrected chi connectivity index (χ1v) is 5.38. The molecule has 5 atom stereocenters. The highest BCUT2D eigenvalue weighted by molar-refractivity contribution is 5.71. The van der Waals surface area contributed by atoms with Crippen molar-refractivity contribution in [3.05, 3.63) is 0 Å². The Kier molecular flexibility index (Phi) is 1.34. The second-order valence-electron chi connectivity index (χ2n) is 5.48. The van der Waals surface area contributed by atoms with E-state index < -0.39 is 5.60 Å². The van der Waals surface area contributed by atoms with E-state index in [1.807, 2.05) is 6.92 Å². The molecule has 3 rings (SSSR count). The second-order valence-corrected chi connectivity index (χ2v) is 5.48. The molecule has 3 fully saturated rings. The molecule has 3 nitrogen and oxygen atoms in total. The van der Waals surface area contributed by atoms with Crippen molar-refractivity contribution < 1.29 is 14.6 Å². The van der Waals surface area contributed by atoms with Crippen molar-refractivity contribution in [3.8, 4) is 0 Å². The number of hydrogen-bond acceptors (Lipinski definition) is 3. The molecular weight excluding hydrogens is 180 g/mol. The molecule has 1 aliphatic heterocycles. The summed E-state index contributed by atoms with van der Waals surface area (Å²) >= 11 is 0. The SMILES string of the molecule is C[C@]12[C@@H]3CC(=O)O[C@H]1C[C@@H](C3)[C@@]2(C)O. The monoisotopic (exact) mass is 196 g/mol. The number of carbonyl (C=O) groups excluding carboxylic acids is 1. The highest BCUT2D eigenvalue weighted by Gasteiger charge is 2.71. The number of ether oxygens (including phenoxy) is 1. The van der Waals surface area contributed by atoms with Gasteiger partial charge in [0.15, 0.2) is 0 Å². The lowest BCUT2D eigenvalue weighted by atomic mass is 9.67. The largest absolute Gasteiger partial charge is 0.462 e. The first-order valence-electron chi connectivity index (χ1n) is 5.38. The summed E-state index contributed by atoms with van der Waals surface area (Å²) in [5, 5.41) is 10.5. The molecule has 2 bridgehead atoms. The normalized spacial score (nSPS) is 60.2. The molecule has 0 unspecified atom stereocenters. The van der Waals surface area contributed by atoms with E-state index in [2.05, 4.69) is 6.92 Å². The summed E-state index contributed by atoms with van der Waals surface area (Å²) < 4.78 is 5.35. The van der Waals surface area contributed by atoms with E-state index >= 15 is 0 Å². The molecule has 0 spiro atoms. The fourth-order valence-corrected chi connectivity index (χ4v) is 3.96. The molecule has 0 amide bonds. The van der Waals surface area contributed by atoms with Gasteiger partial charge in [-0.05, 0) is 31.6 Å². The Bertz CT molecular complexity index is 290. The Morgan fingerprint density at radius 1 is 1.36 bits per heavy atom. The number of hydrogen-bond donors (Lipinski definition) is 1. The van der Waals surface area contributed by atoms with E-state index in [4.69, 9.17) is 4.74 Å². The summed E-state index contributed by atoms with van der Waals surface area (Å²) in [7, 11) is 0. The van der Waals surface area contributed by atoms with Crippen LogP contribution in [0.2, 0.25) is 0 Å². The standard InChI is InChI=1S/C11H16O3/c1-10-6-3-7(11(10,2)13)4-8(10)14-9(12)5-6/h6-8,13H,3-5H2,1-2H3/t6-,7+,8-,10-,11+/m0/s1. The zero-order valence-corrected chi connectivity index (χ0v) is 8.62. The Morgan fingerprint density at radius 3 is 2.64 bits per heavy atom. The molecule has 78 valence electrons. The minimum atomic E-state index is -0.636. The first kappa shape index (κ1) is 8.72. The van der Waals surface area contributed by atoms with Crippen LogP contribution in [0.3, 0.4) is 0 Å². The first-order chi connectivity index (χ1) is 6.46. The zero-order valence-electron chi connectivity index (χ0n) is 8.62. The van der Waals surface area contributed by atoms with Crippen LogP contribution in [-0.4, -0.2) is 22.8 Å². The van der Waals surface area contributed by atoms with Crippen molar-refractivity contribution in [1.82, 2.24) is 0 Å². The molecule has 14 heavy (non-hydrogen) atoms. The van der Waals surface area contributed by atoms with E-state index in [0.29, 0.717) is 18.3 Å². The summed E-state index contributed by atoms with van der Waals surface area (Å²) in [6.07, 6.45) is 2.31. The van der Waals surface area contributed by atoms with Gasteiger partial charge in [-0.2, -0.15) is 0 Å². The molecule has 1 heterocycles. The molecule has 1 saturated heterocycles. The molecule has 0 aromatic heterocycles. The maximum absolute atomic E-state index is 11.3. The maximum Gasteiger partial charge on any atom is 0.306 e. The topological polar surface area (TPSA) is 46.5 Å². The Balaban J connectivity index is 2.07. The number of aliphatic hydroxyl groups is 1. The minimum Gasteiger partial charge on any atom is -0.462 e. The third-order valence-corrected chi connectivity index (χ3v) is 5.16. The van der Waals surface area contributed by atoms with Gasteiger partial charge in [-0.3, -0.25) is 4.79 Å². The molecule has 3 heteroatoms. The highest BCUT2D eigenvalue weighted by atomic mass is 16.5. The van der Waals surface area contributed by atoms with Crippen LogP contribution in [0.5, 0.6) is 0 Å². The Morgan fingerprint density at radius 2 is 2.07 bits per heavy atom. The summed E-state index contributed by atoms with van der Waals surface area (Å²) in [4.78, 5) is 11.3. The van der Waals surface area contributed by atoms with Crippen LogP contribution in [-0.2, 0) is 9.53 Å². The summed E-state index contributed by atoms with van der Waals surface area (Å²) in [6, 6.07) is 0. The van der Waals surface area contributed by atoms with Gasteiger partial charge >= 0.3 is 5.97 Å². The summed E-state index contributed by atoms with van der Waals surface area (Å²) in [6.45, 7) is 4.00. The molecule has 2 aliphatic carbocycles. The van der Waals surface area contributed by atoms with Gasteiger partial charge in [0, 0.05) is 11.8 Å². The molecule has 2 saturated carbocycles. The van der Waals surface area contributed by atoms with Crippen molar-refractivity contribution in [2.24, 2.45) is 17.3 Å². The second kappa shape index (κ2) is 2.16. The molecule has 0 aromatic carbocycles. The van der Waals surface area contributed by atoms with Crippen LogP contribution in [0.1, 0.15) is 33.1 Å². The van der Waals surface area contributed by atoms with Gasteiger partial charge in [-0.15, -0.1) is 0 Å². The van der Waals surface area contributed by atoms with Crippen molar-refractivity contribution in [1.29, 1.82) is 0 Å². The van der Waals surface area contributed by atoms with E-state index in [1.54, 1.807) is 0 Å². The van der Waals surface area contributed by atoms with Crippen LogP contribution in [0.25, 0.3) is 0 Å². The number of rotatable bonds is 0. The van der Waals surface area contributed by atoms with Gasteiger partial charge < -0.3 is 9.84 Å². The van der Waals surface area contributed by atoms with Crippen molar-refractivity contribution in [3.63, 3.8) is 0 Å². The maximum atomic E-state index is 11.3. The quantitative estimate of drug-likeness (QED) is 0.590. The average molecular weight is 196 g/mol. The van der Waals surface area contributed by atoms with Gasteiger partial charge in [0.25, 0.3) is 0 Å². The molecular formula is C11H16O3. The third-order valence-electron chi connectivity index (χ3n) is 5.16. The predicted molar refractivity (Wildman–Crippen MR) is 49.4 cm³/mol. The molecule has 0 radical (unpaired) electrons. The van der Waals surface area contributed by atoms with Crippen LogP contribution in [0.4, 0.5) is 0 Å². The highest BCUT2D eigenvalue weighted by Crippen LogP contribution is 2.66. The Labute approximate surface area is 83.4 Å². The zero-order chi connectivity index (χ0) is 10.1. The average Bonchev–Trinajstić information content (AvgIpc) is 2.33.